The summed E-state index contributed by atoms with van der Waals surface area (Å²) in [5.74, 6) is 1.98. The Kier molecular flexibility index (Phi) is 6.52. The van der Waals surface area contributed by atoms with E-state index in [1.807, 2.05) is 13.0 Å². The molecule has 2 atom stereocenters. The van der Waals surface area contributed by atoms with E-state index in [-0.39, 0.29) is 23.7 Å². The summed E-state index contributed by atoms with van der Waals surface area (Å²) in [6, 6.07) is 8.33. The average molecular weight is 456 g/mol. The number of hydrogen-bond acceptors (Lipinski definition) is 7. The zero-order valence-electron chi connectivity index (χ0n) is 18.7. The van der Waals surface area contributed by atoms with Crippen molar-refractivity contribution >= 4 is 28.4 Å². The highest BCUT2D eigenvalue weighted by Gasteiger charge is 2.25. The molecule has 1 saturated heterocycles. The predicted molar refractivity (Wildman–Crippen MR) is 122 cm³/mol. The van der Waals surface area contributed by atoms with Gasteiger partial charge in [-0.1, -0.05) is 18.2 Å². The van der Waals surface area contributed by atoms with Crippen molar-refractivity contribution in [2.24, 2.45) is 0 Å². The number of pyridine rings is 1. The number of hydrogen-bond donors (Lipinski definition) is 2. The summed E-state index contributed by atoms with van der Waals surface area (Å²) < 4.78 is 30.4. The minimum Gasteiger partial charge on any atom is -0.434 e. The molecule has 0 bridgehead atoms. The quantitative estimate of drug-likeness (QED) is 0.558. The molecule has 33 heavy (non-hydrogen) atoms. The molecule has 0 saturated carbocycles. The van der Waals surface area contributed by atoms with Gasteiger partial charge in [0.15, 0.2) is 0 Å². The first-order valence-electron chi connectivity index (χ1n) is 10.8. The number of carbonyl (C=O) groups is 1. The maximum absolute atomic E-state index is 12.8. The summed E-state index contributed by atoms with van der Waals surface area (Å²) in [5, 5.41) is 7.05. The molecule has 2 aromatic heterocycles. The smallest absolute Gasteiger partial charge is 0.387 e. The largest absolute Gasteiger partial charge is 0.434 e. The molecule has 0 spiro atoms. The van der Waals surface area contributed by atoms with Crippen LogP contribution in [0.15, 0.2) is 36.5 Å². The van der Waals surface area contributed by atoms with Crippen LogP contribution in [0.3, 0.4) is 0 Å². The summed E-state index contributed by atoms with van der Waals surface area (Å²) in [6.07, 6.45) is 2.54. The molecular formula is C23H26F2N6O2. The molecule has 0 radical (unpaired) electrons. The molecule has 1 unspecified atom stereocenters. The Morgan fingerprint density at radius 3 is 2.82 bits per heavy atom. The summed E-state index contributed by atoms with van der Waals surface area (Å²) >= 11 is 0. The Morgan fingerprint density at radius 2 is 2.06 bits per heavy atom. The standard InChI is InChI=1S/C23H26F2N6O2/c1-13(17-6-4-5-7-20(17)33-23(24)25)27-22-18-10-21(26-11-19(18)28-14(2)29-22)31-9-8-16(12-31)30-15(3)32/h4-7,10-11,13,16,23H,8-9,12H2,1-3H3,(H,30,32)(H,27,28,29)/t13?,16-/m1/s1. The first-order valence-corrected chi connectivity index (χ1v) is 10.8. The zero-order valence-corrected chi connectivity index (χ0v) is 18.7. The second kappa shape index (κ2) is 9.51. The van der Waals surface area contributed by atoms with Gasteiger partial charge in [-0.15, -0.1) is 0 Å². The van der Waals surface area contributed by atoms with Gasteiger partial charge in [-0.25, -0.2) is 15.0 Å². The van der Waals surface area contributed by atoms with Gasteiger partial charge in [-0.2, -0.15) is 8.78 Å². The van der Waals surface area contributed by atoms with Gasteiger partial charge >= 0.3 is 6.61 Å². The number of halogens is 2. The third-order valence-electron chi connectivity index (χ3n) is 5.55. The van der Waals surface area contributed by atoms with Crippen LogP contribution in [0.5, 0.6) is 5.75 Å². The van der Waals surface area contributed by atoms with E-state index < -0.39 is 6.61 Å². The fourth-order valence-corrected chi connectivity index (χ4v) is 4.12. The molecule has 10 heteroatoms. The molecule has 1 aliphatic heterocycles. The second-order valence-electron chi connectivity index (χ2n) is 8.09. The molecule has 1 aliphatic rings. The maximum Gasteiger partial charge on any atom is 0.387 e. The molecule has 1 amide bonds. The number of aryl methyl sites for hydroxylation is 1. The SMILES string of the molecule is CC(=O)N[C@@H]1CCN(c2cc3c(NC(C)c4ccccc4OC(F)F)nc(C)nc3cn2)C1. The number of nitrogens with one attached hydrogen (secondary N) is 2. The van der Waals surface area contributed by atoms with Gasteiger partial charge in [-0.3, -0.25) is 4.79 Å². The van der Waals surface area contributed by atoms with Gasteiger partial charge in [0.25, 0.3) is 0 Å². The lowest BCUT2D eigenvalue weighted by Gasteiger charge is -2.21. The van der Waals surface area contributed by atoms with E-state index in [2.05, 4.69) is 35.2 Å². The van der Waals surface area contributed by atoms with Crippen molar-refractivity contribution in [3.63, 3.8) is 0 Å². The van der Waals surface area contributed by atoms with Crippen LogP contribution in [-0.2, 0) is 4.79 Å². The van der Waals surface area contributed by atoms with Crippen LogP contribution in [0.4, 0.5) is 20.4 Å². The number of fused-ring (bicyclic) bond motifs is 1. The van der Waals surface area contributed by atoms with Crippen molar-refractivity contribution in [3.8, 4) is 5.75 Å². The van der Waals surface area contributed by atoms with E-state index in [0.29, 0.717) is 29.3 Å². The van der Waals surface area contributed by atoms with E-state index >= 15 is 0 Å². The van der Waals surface area contributed by atoms with Crippen LogP contribution >= 0.6 is 0 Å². The lowest BCUT2D eigenvalue weighted by molar-refractivity contribution is -0.119. The third-order valence-corrected chi connectivity index (χ3v) is 5.55. The number of amides is 1. The topological polar surface area (TPSA) is 92.3 Å². The average Bonchev–Trinajstić information content (AvgIpc) is 3.21. The molecule has 3 aromatic rings. The maximum atomic E-state index is 12.8. The highest BCUT2D eigenvalue weighted by Crippen LogP contribution is 2.32. The first-order chi connectivity index (χ1) is 15.8. The Balaban J connectivity index is 1.63. The number of anilines is 2. The molecule has 174 valence electrons. The molecule has 8 nitrogen and oxygen atoms in total. The van der Waals surface area contributed by atoms with Crippen LogP contribution < -0.4 is 20.3 Å². The molecule has 1 aromatic carbocycles. The molecule has 3 heterocycles. The van der Waals surface area contributed by atoms with Crippen LogP contribution in [0.25, 0.3) is 10.9 Å². The van der Waals surface area contributed by atoms with E-state index in [0.717, 1.165) is 24.2 Å². The third kappa shape index (κ3) is 5.27. The molecule has 4 rings (SSSR count). The number of carbonyl (C=O) groups excluding carboxylic acids is 1. The zero-order chi connectivity index (χ0) is 23.5. The van der Waals surface area contributed by atoms with E-state index in [1.54, 1.807) is 31.3 Å². The summed E-state index contributed by atoms with van der Waals surface area (Å²) in [5.41, 5.74) is 1.27. The van der Waals surface area contributed by atoms with E-state index in [4.69, 9.17) is 0 Å². The van der Waals surface area contributed by atoms with Crippen molar-refractivity contribution in [2.45, 2.75) is 45.9 Å². The lowest BCUT2D eigenvalue weighted by atomic mass is 10.1. The molecule has 0 aliphatic carbocycles. The number of nitrogens with zero attached hydrogens (tertiary/aromatic N) is 4. The van der Waals surface area contributed by atoms with Crippen molar-refractivity contribution in [2.75, 3.05) is 23.3 Å². The highest BCUT2D eigenvalue weighted by atomic mass is 19.3. The fourth-order valence-electron chi connectivity index (χ4n) is 4.12. The monoisotopic (exact) mass is 456 g/mol. The Morgan fingerprint density at radius 1 is 1.27 bits per heavy atom. The number of benzene rings is 1. The number of alkyl halides is 2. The van der Waals surface area contributed by atoms with Gasteiger partial charge in [0.1, 0.15) is 23.2 Å². The predicted octanol–water partition coefficient (Wildman–Crippen LogP) is 3.82. The highest BCUT2D eigenvalue weighted by molar-refractivity contribution is 5.90. The molecule has 1 fully saturated rings. The minimum absolute atomic E-state index is 0.0474. The fraction of sp³-hybridized carbons (Fsp3) is 0.391. The van der Waals surface area contributed by atoms with Crippen LogP contribution in [-0.4, -0.2) is 46.6 Å². The van der Waals surface area contributed by atoms with Gasteiger partial charge in [-0.05, 0) is 32.4 Å². The van der Waals surface area contributed by atoms with Gasteiger partial charge < -0.3 is 20.3 Å². The van der Waals surface area contributed by atoms with Gasteiger partial charge in [0.05, 0.1) is 17.8 Å². The second-order valence-corrected chi connectivity index (χ2v) is 8.09. The van der Waals surface area contributed by atoms with Crippen LogP contribution in [0, 0.1) is 6.92 Å². The number of rotatable bonds is 7. The Bertz CT molecular complexity index is 1160. The first kappa shape index (κ1) is 22.6. The minimum atomic E-state index is -2.91. The van der Waals surface area contributed by atoms with Gasteiger partial charge in [0, 0.05) is 37.0 Å². The van der Waals surface area contributed by atoms with E-state index in [9.17, 15) is 13.6 Å². The van der Waals surface area contributed by atoms with Crippen molar-refractivity contribution in [1.82, 2.24) is 20.3 Å². The van der Waals surface area contributed by atoms with Crippen molar-refractivity contribution in [3.05, 3.63) is 47.9 Å². The van der Waals surface area contributed by atoms with Crippen molar-refractivity contribution < 1.29 is 18.3 Å². The van der Waals surface area contributed by atoms with Crippen LogP contribution in [0.2, 0.25) is 0 Å². The van der Waals surface area contributed by atoms with Crippen molar-refractivity contribution in [1.29, 1.82) is 0 Å². The van der Waals surface area contributed by atoms with Gasteiger partial charge in [0.2, 0.25) is 5.91 Å². The Labute approximate surface area is 190 Å². The Hall–Kier alpha value is -3.56. The number of ether oxygens (including phenoxy) is 1. The molecule has 2 N–H and O–H groups in total. The lowest BCUT2D eigenvalue weighted by Crippen LogP contribution is -2.35. The van der Waals surface area contributed by atoms with E-state index in [1.165, 1.54) is 13.0 Å². The summed E-state index contributed by atoms with van der Waals surface area (Å²) in [4.78, 5) is 27.1. The summed E-state index contributed by atoms with van der Waals surface area (Å²) in [7, 11) is 0. The molecular weight excluding hydrogens is 430 g/mol. The number of aromatic nitrogens is 3. The summed E-state index contributed by atoms with van der Waals surface area (Å²) in [6.45, 7) is 3.69. The number of para-hydroxylation sites is 1. The normalized spacial score (nSPS) is 16.8. The van der Waals surface area contributed by atoms with Crippen LogP contribution in [0.1, 0.15) is 37.7 Å².